The third-order valence-electron chi connectivity index (χ3n) is 2.15. The molecule has 0 atom stereocenters. The van der Waals surface area contributed by atoms with Gasteiger partial charge in [0.2, 0.25) is 0 Å². The zero-order valence-corrected chi connectivity index (χ0v) is 9.13. The Morgan fingerprint density at radius 3 is 2.50 bits per heavy atom. The molecule has 0 amide bonds. The molecule has 0 unspecified atom stereocenters. The van der Waals surface area contributed by atoms with Gasteiger partial charge >= 0.3 is 0 Å². The molecule has 0 aromatic heterocycles. The number of Topliss-reactive ketones (excluding diaryl/α,β-unsaturated/α-hetero) is 1. The zero-order chi connectivity index (χ0) is 10.7. The van der Waals surface area contributed by atoms with Crippen LogP contribution in [0.15, 0.2) is 18.2 Å². The number of hydrogen-bond acceptors (Lipinski definition) is 2. The minimum Gasteiger partial charge on any atom is -0.496 e. The molecule has 76 valence electrons. The summed E-state index contributed by atoms with van der Waals surface area (Å²) in [6, 6.07) is 5.64. The molecule has 0 heterocycles. The van der Waals surface area contributed by atoms with E-state index < -0.39 is 0 Å². The van der Waals surface area contributed by atoms with E-state index in [4.69, 9.17) is 4.74 Å². The first-order valence-corrected chi connectivity index (χ1v) is 4.75. The molecule has 0 radical (unpaired) electrons. The van der Waals surface area contributed by atoms with Gasteiger partial charge in [-0.15, -0.1) is 0 Å². The van der Waals surface area contributed by atoms with E-state index in [9.17, 15) is 4.79 Å². The second-order valence-corrected chi connectivity index (χ2v) is 3.72. The van der Waals surface area contributed by atoms with Crippen LogP contribution in [0.4, 0.5) is 0 Å². The summed E-state index contributed by atoms with van der Waals surface area (Å²) in [5, 5.41) is 0. The van der Waals surface area contributed by atoms with E-state index >= 15 is 0 Å². The molecule has 0 aliphatic carbocycles. The monoisotopic (exact) mass is 192 g/mol. The van der Waals surface area contributed by atoms with Crippen LogP contribution in [0.5, 0.6) is 5.75 Å². The predicted octanol–water partition coefficient (Wildman–Crippen LogP) is 2.84. The number of carbonyl (C=O) groups is 1. The summed E-state index contributed by atoms with van der Waals surface area (Å²) in [6.45, 7) is 5.76. The Hall–Kier alpha value is -1.31. The Balaban J connectivity index is 3.14. The van der Waals surface area contributed by atoms with Gasteiger partial charge in [-0.05, 0) is 24.6 Å². The number of hydrogen-bond donors (Lipinski definition) is 0. The fourth-order valence-corrected chi connectivity index (χ4v) is 1.31. The number of aryl methyl sites for hydroxylation is 1. The minimum atomic E-state index is 0.00612. The van der Waals surface area contributed by atoms with Gasteiger partial charge in [-0.25, -0.2) is 0 Å². The molecule has 0 N–H and O–H groups in total. The summed E-state index contributed by atoms with van der Waals surface area (Å²) < 4.78 is 5.18. The summed E-state index contributed by atoms with van der Waals surface area (Å²) in [5.74, 6) is 0.803. The average molecular weight is 192 g/mol. The van der Waals surface area contributed by atoms with E-state index in [0.717, 1.165) is 5.56 Å². The van der Waals surface area contributed by atoms with Gasteiger partial charge in [0, 0.05) is 5.92 Å². The standard InChI is InChI=1S/C12H16O2/c1-8(2)12(13)10-6-5-9(3)7-11(10)14-4/h5-8H,1-4H3. The normalized spacial score (nSPS) is 10.4. The van der Waals surface area contributed by atoms with Crippen molar-refractivity contribution in [3.63, 3.8) is 0 Å². The lowest BCUT2D eigenvalue weighted by molar-refractivity contribution is 0.0936. The fraction of sp³-hybridized carbons (Fsp3) is 0.417. The molecular formula is C12H16O2. The maximum Gasteiger partial charge on any atom is 0.169 e. The van der Waals surface area contributed by atoms with Crippen molar-refractivity contribution in [3.05, 3.63) is 29.3 Å². The summed E-state index contributed by atoms with van der Waals surface area (Å²) in [5.41, 5.74) is 1.77. The number of ketones is 1. The number of carbonyl (C=O) groups excluding carboxylic acids is 1. The smallest absolute Gasteiger partial charge is 0.169 e. The quantitative estimate of drug-likeness (QED) is 0.688. The maximum absolute atomic E-state index is 11.8. The molecule has 0 fully saturated rings. The highest BCUT2D eigenvalue weighted by atomic mass is 16.5. The number of methoxy groups -OCH3 is 1. The first kappa shape index (κ1) is 10.8. The van der Waals surface area contributed by atoms with E-state index in [0.29, 0.717) is 11.3 Å². The van der Waals surface area contributed by atoms with Crippen LogP contribution >= 0.6 is 0 Å². The van der Waals surface area contributed by atoms with Crippen LogP contribution < -0.4 is 4.74 Å². The Bertz CT molecular complexity index is 340. The molecule has 1 aromatic rings. The molecule has 0 bridgehead atoms. The predicted molar refractivity (Wildman–Crippen MR) is 56.9 cm³/mol. The number of ether oxygens (including phenoxy) is 1. The van der Waals surface area contributed by atoms with Crippen LogP contribution in [-0.2, 0) is 0 Å². The van der Waals surface area contributed by atoms with Crippen LogP contribution in [0, 0.1) is 12.8 Å². The lowest BCUT2D eigenvalue weighted by Gasteiger charge is -2.10. The van der Waals surface area contributed by atoms with E-state index in [1.54, 1.807) is 7.11 Å². The van der Waals surface area contributed by atoms with Crippen LogP contribution in [0.3, 0.4) is 0 Å². The van der Waals surface area contributed by atoms with Gasteiger partial charge in [0.25, 0.3) is 0 Å². The average Bonchev–Trinajstić information content (AvgIpc) is 2.16. The lowest BCUT2D eigenvalue weighted by Crippen LogP contribution is -2.09. The third-order valence-corrected chi connectivity index (χ3v) is 2.15. The molecule has 0 saturated carbocycles. The van der Waals surface area contributed by atoms with Gasteiger partial charge in [0.05, 0.1) is 12.7 Å². The zero-order valence-electron chi connectivity index (χ0n) is 9.13. The topological polar surface area (TPSA) is 26.3 Å². The molecule has 1 rings (SSSR count). The van der Waals surface area contributed by atoms with Crippen LogP contribution in [0.2, 0.25) is 0 Å². The lowest BCUT2D eigenvalue weighted by atomic mass is 9.99. The molecule has 0 saturated heterocycles. The molecule has 1 aromatic carbocycles. The molecular weight excluding hydrogens is 176 g/mol. The van der Waals surface area contributed by atoms with Crippen molar-refractivity contribution in [2.24, 2.45) is 5.92 Å². The Morgan fingerprint density at radius 1 is 1.36 bits per heavy atom. The van der Waals surface area contributed by atoms with E-state index in [-0.39, 0.29) is 11.7 Å². The molecule has 0 aliphatic rings. The first-order valence-electron chi connectivity index (χ1n) is 4.75. The van der Waals surface area contributed by atoms with Crippen LogP contribution in [0.1, 0.15) is 29.8 Å². The highest BCUT2D eigenvalue weighted by Crippen LogP contribution is 2.22. The van der Waals surface area contributed by atoms with Crippen LogP contribution in [-0.4, -0.2) is 12.9 Å². The maximum atomic E-state index is 11.8. The van der Waals surface area contributed by atoms with Crippen molar-refractivity contribution in [3.8, 4) is 5.75 Å². The van der Waals surface area contributed by atoms with Crippen molar-refractivity contribution in [1.29, 1.82) is 0 Å². The SMILES string of the molecule is COc1cc(C)ccc1C(=O)C(C)C. The van der Waals surface area contributed by atoms with Gasteiger partial charge < -0.3 is 4.74 Å². The summed E-state index contributed by atoms with van der Waals surface area (Å²) in [4.78, 5) is 11.8. The van der Waals surface area contributed by atoms with E-state index in [1.807, 2.05) is 39.0 Å². The van der Waals surface area contributed by atoms with Gasteiger partial charge in [-0.3, -0.25) is 4.79 Å². The van der Waals surface area contributed by atoms with Gasteiger partial charge in [0.1, 0.15) is 5.75 Å². The van der Waals surface area contributed by atoms with Crippen LogP contribution in [0.25, 0.3) is 0 Å². The van der Waals surface area contributed by atoms with Gasteiger partial charge in [-0.2, -0.15) is 0 Å². The molecule has 14 heavy (non-hydrogen) atoms. The van der Waals surface area contributed by atoms with Gasteiger partial charge in [-0.1, -0.05) is 19.9 Å². The minimum absolute atomic E-state index is 0.00612. The first-order chi connectivity index (χ1) is 6.56. The third kappa shape index (κ3) is 2.13. The van der Waals surface area contributed by atoms with Crippen molar-refractivity contribution < 1.29 is 9.53 Å². The molecule has 2 heteroatoms. The second-order valence-electron chi connectivity index (χ2n) is 3.72. The summed E-state index contributed by atoms with van der Waals surface area (Å²) >= 11 is 0. The highest BCUT2D eigenvalue weighted by molar-refractivity contribution is 5.99. The molecule has 2 nitrogen and oxygen atoms in total. The fourth-order valence-electron chi connectivity index (χ4n) is 1.31. The second kappa shape index (κ2) is 4.27. The molecule has 0 spiro atoms. The number of benzene rings is 1. The van der Waals surface area contributed by atoms with E-state index in [1.165, 1.54) is 0 Å². The Morgan fingerprint density at radius 2 is 2.00 bits per heavy atom. The van der Waals surface area contributed by atoms with E-state index in [2.05, 4.69) is 0 Å². The Labute approximate surface area is 84.9 Å². The largest absolute Gasteiger partial charge is 0.496 e. The highest BCUT2D eigenvalue weighted by Gasteiger charge is 2.15. The van der Waals surface area contributed by atoms with Crippen molar-refractivity contribution in [2.45, 2.75) is 20.8 Å². The summed E-state index contributed by atoms with van der Waals surface area (Å²) in [7, 11) is 1.59. The Kier molecular flexibility index (Phi) is 3.28. The molecule has 0 aliphatic heterocycles. The summed E-state index contributed by atoms with van der Waals surface area (Å²) in [6.07, 6.45) is 0. The van der Waals surface area contributed by atoms with Crippen molar-refractivity contribution in [1.82, 2.24) is 0 Å². The van der Waals surface area contributed by atoms with Crippen molar-refractivity contribution >= 4 is 5.78 Å². The number of rotatable bonds is 3. The van der Waals surface area contributed by atoms with Crippen molar-refractivity contribution in [2.75, 3.05) is 7.11 Å². The van der Waals surface area contributed by atoms with Gasteiger partial charge in [0.15, 0.2) is 5.78 Å².